The first-order valence-electron chi connectivity index (χ1n) is 6.42. The van der Waals surface area contributed by atoms with Gasteiger partial charge in [0.05, 0.1) is 0 Å². The van der Waals surface area contributed by atoms with E-state index in [0.29, 0.717) is 6.04 Å². The molecule has 2 rings (SSSR count). The first-order chi connectivity index (χ1) is 6.66. The lowest BCUT2D eigenvalue weighted by Gasteiger charge is -2.41. The van der Waals surface area contributed by atoms with Crippen molar-refractivity contribution in [2.45, 2.75) is 58.4 Å². The zero-order valence-corrected chi connectivity index (χ0v) is 9.71. The Balaban J connectivity index is 1.88. The van der Waals surface area contributed by atoms with Gasteiger partial charge in [-0.3, -0.25) is 0 Å². The molecule has 0 heterocycles. The zero-order chi connectivity index (χ0) is 10.1. The van der Waals surface area contributed by atoms with Crippen LogP contribution in [0.3, 0.4) is 0 Å². The molecule has 1 heteroatoms. The average Bonchev–Trinajstić information content (AvgIpc) is 1.98. The van der Waals surface area contributed by atoms with Gasteiger partial charge in [-0.05, 0) is 55.8 Å². The van der Waals surface area contributed by atoms with Crippen molar-refractivity contribution in [1.29, 1.82) is 0 Å². The molecule has 0 aromatic carbocycles. The Hall–Kier alpha value is -0.0400. The highest BCUT2D eigenvalue weighted by molar-refractivity contribution is 4.89. The molecule has 0 aliphatic heterocycles. The molecule has 3 unspecified atom stereocenters. The second-order valence-corrected chi connectivity index (χ2v) is 5.95. The van der Waals surface area contributed by atoms with E-state index in [1.165, 1.54) is 38.5 Å². The summed E-state index contributed by atoms with van der Waals surface area (Å²) in [6.45, 7) is 4.80. The van der Waals surface area contributed by atoms with Crippen LogP contribution in [-0.4, -0.2) is 6.04 Å². The summed E-state index contributed by atoms with van der Waals surface area (Å²) in [5.74, 6) is 3.53. The van der Waals surface area contributed by atoms with E-state index in [0.717, 1.165) is 23.7 Å². The topological polar surface area (TPSA) is 26.0 Å². The molecule has 2 N–H and O–H groups in total. The van der Waals surface area contributed by atoms with E-state index in [1.807, 2.05) is 0 Å². The molecule has 0 radical (unpaired) electrons. The van der Waals surface area contributed by atoms with Gasteiger partial charge in [0.2, 0.25) is 0 Å². The summed E-state index contributed by atoms with van der Waals surface area (Å²) in [5.41, 5.74) is 6.38. The standard InChI is InChI=1S/C13H25N/c1-9-6-10(2)8-12(7-9)13(14)11-4-3-5-11/h9-13H,3-8,14H2,1-2H3. The van der Waals surface area contributed by atoms with E-state index in [4.69, 9.17) is 5.73 Å². The fourth-order valence-electron chi connectivity index (χ4n) is 3.53. The van der Waals surface area contributed by atoms with E-state index < -0.39 is 0 Å². The summed E-state index contributed by atoms with van der Waals surface area (Å²) in [4.78, 5) is 0. The Kier molecular flexibility index (Phi) is 3.16. The second kappa shape index (κ2) is 4.22. The van der Waals surface area contributed by atoms with Crippen LogP contribution in [0.1, 0.15) is 52.4 Å². The van der Waals surface area contributed by atoms with Crippen molar-refractivity contribution in [3.05, 3.63) is 0 Å². The van der Waals surface area contributed by atoms with E-state index in [1.54, 1.807) is 0 Å². The predicted octanol–water partition coefficient (Wildman–Crippen LogP) is 3.19. The van der Waals surface area contributed by atoms with E-state index in [9.17, 15) is 0 Å². The van der Waals surface area contributed by atoms with Crippen molar-refractivity contribution in [2.24, 2.45) is 29.4 Å². The molecule has 0 aromatic heterocycles. The molecule has 0 bridgehead atoms. The van der Waals surface area contributed by atoms with Gasteiger partial charge in [0.25, 0.3) is 0 Å². The van der Waals surface area contributed by atoms with Crippen LogP contribution in [0.4, 0.5) is 0 Å². The fraction of sp³-hybridized carbons (Fsp3) is 1.00. The Morgan fingerprint density at radius 2 is 1.50 bits per heavy atom. The Morgan fingerprint density at radius 3 is 1.93 bits per heavy atom. The third-order valence-corrected chi connectivity index (χ3v) is 4.45. The lowest BCUT2D eigenvalue weighted by molar-refractivity contribution is 0.131. The Morgan fingerprint density at radius 1 is 0.929 bits per heavy atom. The number of hydrogen-bond donors (Lipinski definition) is 1. The van der Waals surface area contributed by atoms with E-state index in [2.05, 4.69) is 13.8 Å². The SMILES string of the molecule is CC1CC(C)CC(C(N)C2CCC2)C1. The molecule has 2 saturated carbocycles. The van der Waals surface area contributed by atoms with Gasteiger partial charge in [0, 0.05) is 6.04 Å². The smallest absolute Gasteiger partial charge is 0.00958 e. The van der Waals surface area contributed by atoms with Crippen LogP contribution >= 0.6 is 0 Å². The van der Waals surface area contributed by atoms with Gasteiger partial charge in [0.1, 0.15) is 0 Å². The molecule has 2 aliphatic rings. The fourth-order valence-corrected chi connectivity index (χ4v) is 3.53. The van der Waals surface area contributed by atoms with Crippen LogP contribution in [0.5, 0.6) is 0 Å². The highest BCUT2D eigenvalue weighted by Gasteiger charge is 2.34. The van der Waals surface area contributed by atoms with Gasteiger partial charge >= 0.3 is 0 Å². The maximum atomic E-state index is 6.38. The third kappa shape index (κ3) is 2.13. The van der Waals surface area contributed by atoms with Crippen molar-refractivity contribution in [3.8, 4) is 0 Å². The molecule has 0 saturated heterocycles. The maximum Gasteiger partial charge on any atom is 0.00958 e. The molecule has 2 aliphatic carbocycles. The van der Waals surface area contributed by atoms with E-state index >= 15 is 0 Å². The number of nitrogens with two attached hydrogens (primary N) is 1. The highest BCUT2D eigenvalue weighted by Crippen LogP contribution is 2.40. The molecule has 0 spiro atoms. The van der Waals surface area contributed by atoms with Crippen LogP contribution in [0, 0.1) is 23.7 Å². The quantitative estimate of drug-likeness (QED) is 0.719. The molecule has 1 nitrogen and oxygen atoms in total. The van der Waals surface area contributed by atoms with Crippen LogP contribution in [0.2, 0.25) is 0 Å². The van der Waals surface area contributed by atoms with Gasteiger partial charge in [-0.25, -0.2) is 0 Å². The van der Waals surface area contributed by atoms with Gasteiger partial charge in [-0.15, -0.1) is 0 Å². The van der Waals surface area contributed by atoms with E-state index in [-0.39, 0.29) is 0 Å². The number of rotatable bonds is 2. The minimum atomic E-state index is 0.522. The van der Waals surface area contributed by atoms with Gasteiger partial charge in [0.15, 0.2) is 0 Å². The molecule has 0 amide bonds. The summed E-state index contributed by atoms with van der Waals surface area (Å²) in [7, 11) is 0. The summed E-state index contributed by atoms with van der Waals surface area (Å²) in [5, 5.41) is 0. The molecule has 3 atom stereocenters. The Labute approximate surface area is 88.4 Å². The zero-order valence-electron chi connectivity index (χ0n) is 9.71. The molecule has 0 aromatic rings. The van der Waals surface area contributed by atoms with Crippen LogP contribution < -0.4 is 5.73 Å². The molecule has 14 heavy (non-hydrogen) atoms. The van der Waals surface area contributed by atoms with Crippen molar-refractivity contribution < 1.29 is 0 Å². The van der Waals surface area contributed by atoms with Gasteiger partial charge < -0.3 is 5.73 Å². The first kappa shape index (κ1) is 10.5. The van der Waals surface area contributed by atoms with Gasteiger partial charge in [-0.1, -0.05) is 20.3 Å². The summed E-state index contributed by atoms with van der Waals surface area (Å²) < 4.78 is 0. The normalized spacial score (nSPS) is 41.8. The van der Waals surface area contributed by atoms with Crippen LogP contribution in [0.15, 0.2) is 0 Å². The lowest BCUT2D eigenvalue weighted by Crippen LogP contribution is -2.43. The maximum absolute atomic E-state index is 6.38. The monoisotopic (exact) mass is 195 g/mol. The van der Waals surface area contributed by atoms with Crippen LogP contribution in [-0.2, 0) is 0 Å². The second-order valence-electron chi connectivity index (χ2n) is 5.95. The van der Waals surface area contributed by atoms with Crippen molar-refractivity contribution in [1.82, 2.24) is 0 Å². The third-order valence-electron chi connectivity index (χ3n) is 4.45. The molecular formula is C13H25N. The minimum Gasteiger partial charge on any atom is -0.327 e. The van der Waals surface area contributed by atoms with Crippen LogP contribution in [0.25, 0.3) is 0 Å². The largest absolute Gasteiger partial charge is 0.327 e. The molecule has 82 valence electrons. The highest BCUT2D eigenvalue weighted by atomic mass is 14.7. The van der Waals surface area contributed by atoms with Crippen molar-refractivity contribution in [3.63, 3.8) is 0 Å². The lowest BCUT2D eigenvalue weighted by atomic mass is 9.67. The molecule has 2 fully saturated rings. The molecular weight excluding hydrogens is 170 g/mol. The predicted molar refractivity (Wildman–Crippen MR) is 61.0 cm³/mol. The Bertz CT molecular complexity index is 176. The minimum absolute atomic E-state index is 0.522. The number of hydrogen-bond acceptors (Lipinski definition) is 1. The van der Waals surface area contributed by atoms with Gasteiger partial charge in [-0.2, -0.15) is 0 Å². The summed E-state index contributed by atoms with van der Waals surface area (Å²) >= 11 is 0. The van der Waals surface area contributed by atoms with Crippen molar-refractivity contribution in [2.75, 3.05) is 0 Å². The summed E-state index contributed by atoms with van der Waals surface area (Å²) in [6.07, 6.45) is 8.44. The first-order valence-corrected chi connectivity index (χ1v) is 6.42. The average molecular weight is 195 g/mol. The summed E-state index contributed by atoms with van der Waals surface area (Å²) in [6, 6.07) is 0.522. The van der Waals surface area contributed by atoms with Crippen molar-refractivity contribution >= 4 is 0 Å².